The van der Waals surface area contributed by atoms with Crippen LogP contribution in [0.5, 0.6) is 0 Å². The summed E-state index contributed by atoms with van der Waals surface area (Å²) in [5.74, 6) is 0.699. The third kappa shape index (κ3) is 2.57. The number of aryl methyl sites for hydroxylation is 1. The lowest BCUT2D eigenvalue weighted by Crippen LogP contribution is -2.37. The Bertz CT molecular complexity index is 456. The molecule has 0 aromatic carbocycles. The Hall–Kier alpha value is -0.940. The highest BCUT2D eigenvalue weighted by molar-refractivity contribution is 9.10. The molecule has 2 heterocycles. The van der Waals surface area contributed by atoms with Crippen molar-refractivity contribution in [3.8, 4) is 0 Å². The van der Waals surface area contributed by atoms with Crippen LogP contribution in [0, 0.1) is 12.3 Å². The van der Waals surface area contributed by atoms with E-state index in [0.29, 0.717) is 5.82 Å². The summed E-state index contributed by atoms with van der Waals surface area (Å²) in [5.41, 5.74) is 0.603. The first kappa shape index (κ1) is 13.5. The predicted octanol–water partition coefficient (Wildman–Crippen LogP) is 2.48. The van der Waals surface area contributed by atoms with Gasteiger partial charge < -0.3 is 10.6 Å². The highest BCUT2D eigenvalue weighted by Crippen LogP contribution is 2.30. The fourth-order valence-electron chi connectivity index (χ4n) is 2.26. The van der Waals surface area contributed by atoms with Gasteiger partial charge in [0.15, 0.2) is 0 Å². The molecule has 1 atom stereocenters. The van der Waals surface area contributed by atoms with Crippen molar-refractivity contribution in [3.05, 3.63) is 22.3 Å². The normalized spacial score (nSPS) is 23.1. The summed E-state index contributed by atoms with van der Waals surface area (Å²) in [4.78, 5) is 16.7. The molecule has 1 unspecified atom stereocenters. The van der Waals surface area contributed by atoms with E-state index in [2.05, 4.69) is 38.5 Å². The largest absolute Gasteiger partial charge is 0.316 e. The average molecular weight is 312 g/mol. The van der Waals surface area contributed by atoms with Crippen LogP contribution < -0.4 is 10.6 Å². The molecule has 1 aliphatic rings. The van der Waals surface area contributed by atoms with Crippen molar-refractivity contribution in [1.29, 1.82) is 0 Å². The zero-order valence-electron chi connectivity index (χ0n) is 10.7. The number of aromatic nitrogens is 1. The molecule has 0 bridgehead atoms. The van der Waals surface area contributed by atoms with Gasteiger partial charge in [-0.2, -0.15) is 0 Å². The molecular formula is C13H18BrN3O. The molecule has 98 valence electrons. The summed E-state index contributed by atoms with van der Waals surface area (Å²) in [6.07, 6.45) is 1.74. The van der Waals surface area contributed by atoms with E-state index in [1.54, 1.807) is 0 Å². The molecule has 1 aromatic heterocycles. The standard InChI is InChI=1S/C13H18BrN3O/c1-3-13(6-7-15-8-13)12(18)17-11-5-4-10(14)9(2)16-11/h4-5,15H,3,6-8H2,1-2H3,(H,16,17,18). The van der Waals surface area contributed by atoms with E-state index in [1.807, 2.05) is 19.1 Å². The third-order valence-corrected chi connectivity index (χ3v) is 4.50. The van der Waals surface area contributed by atoms with Gasteiger partial charge in [0.1, 0.15) is 5.82 Å². The van der Waals surface area contributed by atoms with Gasteiger partial charge in [0.05, 0.1) is 11.1 Å². The number of carbonyl (C=O) groups is 1. The molecule has 5 heteroatoms. The van der Waals surface area contributed by atoms with Crippen molar-refractivity contribution in [2.45, 2.75) is 26.7 Å². The highest BCUT2D eigenvalue weighted by atomic mass is 79.9. The molecule has 18 heavy (non-hydrogen) atoms. The monoisotopic (exact) mass is 311 g/mol. The quantitative estimate of drug-likeness (QED) is 0.901. The van der Waals surface area contributed by atoms with Gasteiger partial charge in [-0.15, -0.1) is 0 Å². The lowest BCUT2D eigenvalue weighted by molar-refractivity contribution is -0.124. The molecule has 0 spiro atoms. The summed E-state index contributed by atoms with van der Waals surface area (Å²) in [6, 6.07) is 3.73. The van der Waals surface area contributed by atoms with Crippen molar-refractivity contribution >= 4 is 27.7 Å². The summed E-state index contributed by atoms with van der Waals surface area (Å²) >= 11 is 3.40. The molecule has 0 radical (unpaired) electrons. The molecule has 1 amide bonds. The maximum Gasteiger partial charge on any atom is 0.233 e. The van der Waals surface area contributed by atoms with Crippen molar-refractivity contribution in [3.63, 3.8) is 0 Å². The average Bonchev–Trinajstić information content (AvgIpc) is 2.84. The number of hydrogen-bond acceptors (Lipinski definition) is 3. The number of pyridine rings is 1. The van der Waals surface area contributed by atoms with Crippen LogP contribution >= 0.6 is 15.9 Å². The van der Waals surface area contributed by atoms with E-state index in [0.717, 1.165) is 36.1 Å². The van der Waals surface area contributed by atoms with Gasteiger partial charge >= 0.3 is 0 Å². The Balaban J connectivity index is 2.13. The number of anilines is 1. The Labute approximate surface area is 116 Å². The van der Waals surface area contributed by atoms with Gasteiger partial charge in [-0.3, -0.25) is 4.79 Å². The zero-order valence-corrected chi connectivity index (χ0v) is 12.3. The van der Waals surface area contributed by atoms with E-state index in [-0.39, 0.29) is 11.3 Å². The summed E-state index contributed by atoms with van der Waals surface area (Å²) in [6.45, 7) is 5.64. The van der Waals surface area contributed by atoms with Crippen LogP contribution in [0.4, 0.5) is 5.82 Å². The maximum atomic E-state index is 12.4. The molecule has 2 rings (SSSR count). The Kier molecular flexibility index (Phi) is 4.02. The lowest BCUT2D eigenvalue weighted by Gasteiger charge is -2.24. The highest BCUT2D eigenvalue weighted by Gasteiger charge is 2.39. The molecule has 1 aromatic rings. The van der Waals surface area contributed by atoms with Gasteiger partial charge in [-0.25, -0.2) is 4.98 Å². The summed E-state index contributed by atoms with van der Waals surface area (Å²) in [5, 5.41) is 6.20. The minimum Gasteiger partial charge on any atom is -0.316 e. The number of halogens is 1. The SMILES string of the molecule is CCC1(C(=O)Nc2ccc(Br)c(C)n2)CCNC1. The molecular weight excluding hydrogens is 294 g/mol. The fourth-order valence-corrected chi connectivity index (χ4v) is 2.48. The van der Waals surface area contributed by atoms with Gasteiger partial charge in [-0.05, 0) is 54.4 Å². The first-order valence-corrected chi connectivity index (χ1v) is 7.02. The molecule has 1 aliphatic heterocycles. The van der Waals surface area contributed by atoms with E-state index in [4.69, 9.17) is 0 Å². The maximum absolute atomic E-state index is 12.4. The second-order valence-electron chi connectivity index (χ2n) is 4.78. The lowest BCUT2D eigenvalue weighted by atomic mass is 9.83. The molecule has 4 nitrogen and oxygen atoms in total. The predicted molar refractivity (Wildman–Crippen MR) is 75.5 cm³/mol. The number of nitrogens with one attached hydrogen (secondary N) is 2. The van der Waals surface area contributed by atoms with Gasteiger partial charge in [0.25, 0.3) is 0 Å². The van der Waals surface area contributed by atoms with Crippen LogP contribution in [0.1, 0.15) is 25.5 Å². The van der Waals surface area contributed by atoms with Gasteiger partial charge in [0.2, 0.25) is 5.91 Å². The topological polar surface area (TPSA) is 54.0 Å². The Morgan fingerprint density at radius 1 is 1.61 bits per heavy atom. The van der Waals surface area contributed by atoms with Gasteiger partial charge in [0, 0.05) is 11.0 Å². The number of nitrogens with zero attached hydrogens (tertiary/aromatic N) is 1. The van der Waals surface area contributed by atoms with Crippen LogP contribution in [-0.4, -0.2) is 24.0 Å². The zero-order chi connectivity index (χ0) is 13.2. The van der Waals surface area contributed by atoms with Crippen molar-refractivity contribution in [2.24, 2.45) is 5.41 Å². The van der Waals surface area contributed by atoms with E-state index >= 15 is 0 Å². The van der Waals surface area contributed by atoms with Crippen LogP contribution in [0.2, 0.25) is 0 Å². The summed E-state index contributed by atoms with van der Waals surface area (Å²) in [7, 11) is 0. The molecule has 2 N–H and O–H groups in total. The van der Waals surface area contributed by atoms with E-state index in [1.165, 1.54) is 0 Å². The van der Waals surface area contributed by atoms with E-state index in [9.17, 15) is 4.79 Å². The minimum absolute atomic E-state index is 0.0734. The number of carbonyl (C=O) groups excluding carboxylic acids is 1. The number of amides is 1. The molecule has 1 saturated heterocycles. The van der Waals surface area contributed by atoms with Crippen molar-refractivity contribution in [1.82, 2.24) is 10.3 Å². The molecule has 1 fully saturated rings. The Morgan fingerprint density at radius 2 is 2.39 bits per heavy atom. The first-order valence-electron chi connectivity index (χ1n) is 6.23. The Morgan fingerprint density at radius 3 is 2.94 bits per heavy atom. The minimum atomic E-state index is -0.275. The summed E-state index contributed by atoms with van der Waals surface area (Å²) < 4.78 is 0.952. The third-order valence-electron chi connectivity index (χ3n) is 3.67. The van der Waals surface area contributed by atoms with Crippen LogP contribution in [0.15, 0.2) is 16.6 Å². The first-order chi connectivity index (χ1) is 8.57. The molecule has 0 saturated carbocycles. The van der Waals surface area contributed by atoms with Crippen LogP contribution in [0.3, 0.4) is 0 Å². The van der Waals surface area contributed by atoms with Gasteiger partial charge in [-0.1, -0.05) is 6.92 Å². The number of hydrogen-bond donors (Lipinski definition) is 2. The van der Waals surface area contributed by atoms with Crippen LogP contribution in [0.25, 0.3) is 0 Å². The van der Waals surface area contributed by atoms with Crippen molar-refractivity contribution < 1.29 is 4.79 Å². The number of rotatable bonds is 3. The molecule has 0 aliphatic carbocycles. The van der Waals surface area contributed by atoms with E-state index < -0.39 is 0 Å². The second-order valence-corrected chi connectivity index (χ2v) is 5.63. The van der Waals surface area contributed by atoms with Crippen molar-refractivity contribution in [2.75, 3.05) is 18.4 Å². The fraction of sp³-hybridized carbons (Fsp3) is 0.538. The smallest absolute Gasteiger partial charge is 0.233 e. The second kappa shape index (κ2) is 5.36. The van der Waals surface area contributed by atoms with Crippen LogP contribution in [-0.2, 0) is 4.79 Å².